The third-order valence-corrected chi connectivity index (χ3v) is 3.12. The van der Waals surface area contributed by atoms with Gasteiger partial charge in [0.05, 0.1) is 12.6 Å². The maximum Gasteiger partial charge on any atom is 0.169 e. The molecule has 1 heterocycles. The summed E-state index contributed by atoms with van der Waals surface area (Å²) in [7, 11) is 1.65. The van der Waals surface area contributed by atoms with E-state index in [9.17, 15) is 4.39 Å². The minimum Gasteiger partial charge on any atom is -0.383 e. The molecule has 0 saturated heterocycles. The largest absolute Gasteiger partial charge is 0.383 e. The van der Waals surface area contributed by atoms with Gasteiger partial charge in [0.15, 0.2) is 11.6 Å². The summed E-state index contributed by atoms with van der Waals surface area (Å²) in [5.74, 6) is 0.0187. The summed E-state index contributed by atoms with van der Waals surface area (Å²) in [6.07, 6.45) is 3.56. The number of halogens is 1. The number of hydrogen-bond donors (Lipinski definition) is 2. The van der Waals surface area contributed by atoms with Gasteiger partial charge in [-0.25, -0.2) is 9.37 Å². The highest BCUT2D eigenvalue weighted by molar-refractivity contribution is 5.41. The summed E-state index contributed by atoms with van der Waals surface area (Å²) in [5.41, 5.74) is 0.569. The number of ether oxygens (including phenoxy) is 1. The van der Waals surface area contributed by atoms with Crippen molar-refractivity contribution in [1.82, 2.24) is 10.3 Å². The van der Waals surface area contributed by atoms with Crippen molar-refractivity contribution in [3.63, 3.8) is 0 Å². The minimum absolute atomic E-state index is 0.0515. The van der Waals surface area contributed by atoms with E-state index in [1.54, 1.807) is 19.4 Å². The molecule has 0 saturated carbocycles. The molecule has 2 N–H and O–H groups in total. The SMILES string of the molecule is CCCC(COC)Nc1nccc(CNC(C)(C)C)c1F. The fourth-order valence-electron chi connectivity index (χ4n) is 2.02. The molecule has 0 fully saturated rings. The molecule has 1 unspecified atom stereocenters. The Morgan fingerprint density at radius 2 is 2.10 bits per heavy atom. The number of methoxy groups -OCH3 is 1. The monoisotopic (exact) mass is 297 g/mol. The third-order valence-electron chi connectivity index (χ3n) is 3.12. The maximum absolute atomic E-state index is 14.5. The predicted octanol–water partition coefficient (Wildman–Crippen LogP) is 3.34. The van der Waals surface area contributed by atoms with Crippen molar-refractivity contribution in [3.8, 4) is 0 Å². The Morgan fingerprint density at radius 3 is 2.67 bits per heavy atom. The van der Waals surface area contributed by atoms with Crippen LogP contribution in [0.3, 0.4) is 0 Å². The van der Waals surface area contributed by atoms with Crippen LogP contribution in [0.25, 0.3) is 0 Å². The van der Waals surface area contributed by atoms with E-state index in [4.69, 9.17) is 4.74 Å². The Hall–Kier alpha value is -1.20. The average Bonchev–Trinajstić information content (AvgIpc) is 2.39. The molecule has 0 radical (unpaired) electrons. The molecule has 0 aliphatic rings. The van der Waals surface area contributed by atoms with Crippen LogP contribution in [0.1, 0.15) is 46.1 Å². The molecule has 0 bridgehead atoms. The number of nitrogens with zero attached hydrogens (tertiary/aromatic N) is 1. The molecule has 4 nitrogen and oxygen atoms in total. The van der Waals surface area contributed by atoms with Gasteiger partial charge in [0, 0.05) is 31.0 Å². The summed E-state index contributed by atoms with van der Waals surface area (Å²) >= 11 is 0. The van der Waals surface area contributed by atoms with Crippen molar-refractivity contribution in [2.24, 2.45) is 0 Å². The van der Waals surface area contributed by atoms with Gasteiger partial charge in [0.1, 0.15) is 0 Å². The smallest absolute Gasteiger partial charge is 0.169 e. The van der Waals surface area contributed by atoms with Crippen molar-refractivity contribution >= 4 is 5.82 Å². The van der Waals surface area contributed by atoms with Crippen molar-refractivity contribution in [3.05, 3.63) is 23.6 Å². The normalized spacial score (nSPS) is 13.2. The first kappa shape index (κ1) is 17.9. The lowest BCUT2D eigenvalue weighted by Gasteiger charge is -2.22. The van der Waals surface area contributed by atoms with Gasteiger partial charge in [0.25, 0.3) is 0 Å². The van der Waals surface area contributed by atoms with Crippen molar-refractivity contribution in [2.75, 3.05) is 19.0 Å². The number of rotatable bonds is 8. The summed E-state index contributed by atoms with van der Waals surface area (Å²) in [6, 6.07) is 1.79. The van der Waals surface area contributed by atoms with Crippen molar-refractivity contribution in [2.45, 2.75) is 58.7 Å². The van der Waals surface area contributed by atoms with Gasteiger partial charge in [-0.3, -0.25) is 0 Å². The number of nitrogens with one attached hydrogen (secondary N) is 2. The lowest BCUT2D eigenvalue weighted by Crippen LogP contribution is -2.35. The molecule has 1 aromatic heterocycles. The zero-order valence-corrected chi connectivity index (χ0v) is 13.8. The Kier molecular flexibility index (Phi) is 7.05. The van der Waals surface area contributed by atoms with E-state index < -0.39 is 0 Å². The molecule has 0 amide bonds. The van der Waals surface area contributed by atoms with E-state index in [-0.39, 0.29) is 17.4 Å². The van der Waals surface area contributed by atoms with E-state index in [0.717, 1.165) is 12.8 Å². The third kappa shape index (κ3) is 6.40. The van der Waals surface area contributed by atoms with Gasteiger partial charge in [-0.1, -0.05) is 13.3 Å². The van der Waals surface area contributed by atoms with Crippen LogP contribution in [0.4, 0.5) is 10.2 Å². The zero-order valence-electron chi connectivity index (χ0n) is 13.8. The van der Waals surface area contributed by atoms with Gasteiger partial charge < -0.3 is 15.4 Å². The van der Waals surface area contributed by atoms with E-state index in [2.05, 4.69) is 43.3 Å². The standard InChI is InChI=1S/C16H28FN3O/c1-6-7-13(11-21-5)20-15-14(17)12(8-9-18-15)10-19-16(2,3)4/h8-9,13,19H,6-7,10-11H2,1-5H3,(H,18,20). The minimum atomic E-state index is -0.286. The first-order chi connectivity index (χ1) is 9.87. The molecule has 1 aromatic rings. The molecular formula is C16H28FN3O. The van der Waals surface area contributed by atoms with E-state index in [1.165, 1.54) is 0 Å². The number of hydrogen-bond acceptors (Lipinski definition) is 4. The van der Waals surface area contributed by atoms with Crippen LogP contribution in [0, 0.1) is 5.82 Å². The highest BCUT2D eigenvalue weighted by atomic mass is 19.1. The lowest BCUT2D eigenvalue weighted by atomic mass is 10.1. The Balaban J connectivity index is 2.79. The van der Waals surface area contributed by atoms with Crippen molar-refractivity contribution in [1.29, 1.82) is 0 Å². The molecule has 0 aliphatic carbocycles. The van der Waals surface area contributed by atoms with Crippen LogP contribution in [0.5, 0.6) is 0 Å². The van der Waals surface area contributed by atoms with E-state index in [0.29, 0.717) is 24.5 Å². The van der Waals surface area contributed by atoms with E-state index in [1.807, 2.05) is 0 Å². The fourth-order valence-corrected chi connectivity index (χ4v) is 2.02. The van der Waals surface area contributed by atoms with Crippen LogP contribution in [-0.2, 0) is 11.3 Å². The first-order valence-electron chi connectivity index (χ1n) is 7.51. The molecule has 1 rings (SSSR count). The lowest BCUT2D eigenvalue weighted by molar-refractivity contribution is 0.182. The predicted molar refractivity (Wildman–Crippen MR) is 85.0 cm³/mol. The second-order valence-electron chi connectivity index (χ2n) is 6.32. The van der Waals surface area contributed by atoms with Crippen LogP contribution in [0.2, 0.25) is 0 Å². The Bertz CT molecular complexity index is 426. The quantitative estimate of drug-likeness (QED) is 0.772. The summed E-state index contributed by atoms with van der Waals surface area (Å²) < 4.78 is 19.6. The maximum atomic E-state index is 14.5. The number of aromatic nitrogens is 1. The highest BCUT2D eigenvalue weighted by Gasteiger charge is 2.16. The van der Waals surface area contributed by atoms with Gasteiger partial charge in [-0.2, -0.15) is 0 Å². The molecular weight excluding hydrogens is 269 g/mol. The van der Waals surface area contributed by atoms with Crippen molar-refractivity contribution < 1.29 is 9.13 Å². The molecule has 1 atom stereocenters. The molecule has 5 heteroatoms. The van der Waals surface area contributed by atoms with Gasteiger partial charge in [-0.15, -0.1) is 0 Å². The highest BCUT2D eigenvalue weighted by Crippen LogP contribution is 2.18. The number of anilines is 1. The molecule has 120 valence electrons. The van der Waals surface area contributed by atoms with Gasteiger partial charge in [0.2, 0.25) is 0 Å². The molecule has 0 aliphatic heterocycles. The molecule has 0 spiro atoms. The summed E-state index contributed by atoms with van der Waals surface area (Å²) in [4.78, 5) is 4.12. The van der Waals surface area contributed by atoms with Gasteiger partial charge >= 0.3 is 0 Å². The second-order valence-corrected chi connectivity index (χ2v) is 6.32. The average molecular weight is 297 g/mol. The van der Waals surface area contributed by atoms with Crippen LogP contribution >= 0.6 is 0 Å². The first-order valence-corrected chi connectivity index (χ1v) is 7.51. The molecule has 21 heavy (non-hydrogen) atoms. The fraction of sp³-hybridized carbons (Fsp3) is 0.688. The van der Waals surface area contributed by atoms with Crippen LogP contribution < -0.4 is 10.6 Å². The van der Waals surface area contributed by atoms with Gasteiger partial charge in [-0.05, 0) is 33.3 Å². The summed E-state index contributed by atoms with van der Waals surface area (Å²) in [6.45, 7) is 9.29. The van der Waals surface area contributed by atoms with Crippen LogP contribution in [0.15, 0.2) is 12.3 Å². The second kappa shape index (κ2) is 8.29. The number of pyridine rings is 1. The summed E-state index contributed by atoms with van der Waals surface area (Å²) in [5, 5.41) is 6.44. The van der Waals surface area contributed by atoms with E-state index >= 15 is 0 Å². The van der Waals surface area contributed by atoms with Crippen LogP contribution in [-0.4, -0.2) is 30.3 Å². The molecule has 0 aromatic carbocycles. The topological polar surface area (TPSA) is 46.2 Å². The Morgan fingerprint density at radius 1 is 1.38 bits per heavy atom. The Labute approximate surface area is 127 Å². The zero-order chi connectivity index (χ0) is 15.9.